The highest BCUT2D eigenvalue weighted by atomic mass is 16.5. The summed E-state index contributed by atoms with van der Waals surface area (Å²) in [7, 11) is 1.70. The van der Waals surface area contributed by atoms with Crippen LogP contribution in [0.3, 0.4) is 0 Å². The number of amides is 1. The molecule has 1 unspecified atom stereocenters. The van der Waals surface area contributed by atoms with E-state index in [-0.39, 0.29) is 5.91 Å². The van der Waals surface area contributed by atoms with Gasteiger partial charge in [-0.2, -0.15) is 0 Å². The Balaban J connectivity index is 1.80. The molecule has 4 heteroatoms. The average molecular weight is 262 g/mol. The van der Waals surface area contributed by atoms with Crippen LogP contribution in [-0.4, -0.2) is 32.1 Å². The molecule has 1 atom stereocenters. The zero-order chi connectivity index (χ0) is 13.5. The molecule has 1 fully saturated rings. The van der Waals surface area contributed by atoms with Crippen LogP contribution in [0.5, 0.6) is 5.75 Å². The van der Waals surface area contributed by atoms with Crippen molar-refractivity contribution >= 4 is 5.91 Å². The third-order valence-electron chi connectivity index (χ3n) is 3.50. The molecule has 0 aromatic heterocycles. The molecule has 1 amide bonds. The molecule has 1 aliphatic rings. The van der Waals surface area contributed by atoms with Gasteiger partial charge < -0.3 is 15.4 Å². The van der Waals surface area contributed by atoms with Crippen molar-refractivity contribution in [1.29, 1.82) is 0 Å². The van der Waals surface area contributed by atoms with Gasteiger partial charge in [0.2, 0.25) is 5.91 Å². The van der Waals surface area contributed by atoms with Gasteiger partial charge in [0.1, 0.15) is 5.75 Å². The number of rotatable bonds is 5. The number of benzene rings is 1. The fourth-order valence-electron chi connectivity index (χ4n) is 2.47. The van der Waals surface area contributed by atoms with Gasteiger partial charge in [-0.3, -0.25) is 4.79 Å². The Labute approximate surface area is 114 Å². The second-order valence-electron chi connectivity index (χ2n) is 4.91. The summed E-state index contributed by atoms with van der Waals surface area (Å²) < 4.78 is 5.33. The largest absolute Gasteiger partial charge is 0.496 e. The molecule has 1 aromatic rings. The Hall–Kier alpha value is -1.55. The number of ether oxygens (including phenoxy) is 1. The molecule has 2 rings (SSSR count). The lowest BCUT2D eigenvalue weighted by Crippen LogP contribution is -2.33. The number of para-hydroxylation sites is 1. The van der Waals surface area contributed by atoms with Gasteiger partial charge in [-0.15, -0.1) is 0 Å². The third kappa shape index (κ3) is 4.24. The Morgan fingerprint density at radius 3 is 3.11 bits per heavy atom. The Kier molecular flexibility index (Phi) is 5.21. The molecular weight excluding hydrogens is 240 g/mol. The van der Waals surface area contributed by atoms with E-state index in [4.69, 9.17) is 4.74 Å². The molecule has 0 radical (unpaired) electrons. The first kappa shape index (κ1) is 13.9. The van der Waals surface area contributed by atoms with Crippen molar-refractivity contribution in [2.45, 2.75) is 31.7 Å². The predicted octanol–water partition coefficient (Wildman–Crippen LogP) is 1.50. The highest BCUT2D eigenvalue weighted by Crippen LogP contribution is 2.17. The minimum absolute atomic E-state index is 0.160. The third-order valence-corrected chi connectivity index (χ3v) is 3.50. The van der Waals surface area contributed by atoms with Crippen LogP contribution in [0.4, 0.5) is 0 Å². The van der Waals surface area contributed by atoms with E-state index in [0.717, 1.165) is 38.1 Å². The van der Waals surface area contributed by atoms with Crippen molar-refractivity contribution < 1.29 is 9.53 Å². The quantitative estimate of drug-likeness (QED) is 0.845. The highest BCUT2D eigenvalue weighted by Gasteiger charge is 2.16. The summed E-state index contributed by atoms with van der Waals surface area (Å²) in [5.74, 6) is 1.09. The number of carbonyl (C=O) groups excluding carboxylic acids is 1. The van der Waals surface area contributed by atoms with Crippen LogP contribution < -0.4 is 15.4 Å². The first-order valence-corrected chi connectivity index (χ1v) is 6.91. The Bertz CT molecular complexity index is 420. The zero-order valence-electron chi connectivity index (χ0n) is 11.4. The van der Waals surface area contributed by atoms with Crippen LogP contribution in [0.25, 0.3) is 0 Å². The molecule has 19 heavy (non-hydrogen) atoms. The van der Waals surface area contributed by atoms with E-state index in [0.29, 0.717) is 12.5 Å². The normalized spacial score (nSPS) is 19.6. The molecule has 4 nitrogen and oxygen atoms in total. The summed E-state index contributed by atoms with van der Waals surface area (Å²) in [6.07, 6.45) is 3.62. The smallest absolute Gasteiger partial charge is 0.221 e. The molecule has 104 valence electrons. The summed E-state index contributed by atoms with van der Waals surface area (Å²) in [6.45, 7) is 1.68. The highest BCUT2D eigenvalue weighted by molar-refractivity contribution is 5.76. The van der Waals surface area contributed by atoms with Gasteiger partial charge >= 0.3 is 0 Å². The molecule has 1 aromatic carbocycles. The van der Waals surface area contributed by atoms with Gasteiger partial charge in [-0.25, -0.2) is 0 Å². The fraction of sp³-hybridized carbons (Fsp3) is 0.533. The summed E-state index contributed by atoms with van der Waals surface area (Å²) in [4.78, 5) is 11.5. The molecule has 2 N–H and O–H groups in total. The number of nitrogens with one attached hydrogen (secondary N) is 2. The van der Waals surface area contributed by atoms with Crippen molar-refractivity contribution in [1.82, 2.24) is 10.6 Å². The molecule has 1 aliphatic heterocycles. The summed E-state index contributed by atoms with van der Waals surface area (Å²) >= 11 is 0. The molecule has 0 saturated carbocycles. The standard InChI is InChI=1S/C15H22N2O2/c1-19-14-7-3-2-5-12(14)8-10-16-13-6-4-9-17-15(18)11-13/h2-3,5,7,13,16H,4,6,8-11H2,1H3,(H,17,18). The fourth-order valence-corrected chi connectivity index (χ4v) is 2.47. The van der Waals surface area contributed by atoms with E-state index in [2.05, 4.69) is 16.7 Å². The van der Waals surface area contributed by atoms with Gasteiger partial charge in [-0.1, -0.05) is 18.2 Å². The molecular formula is C15H22N2O2. The SMILES string of the molecule is COc1ccccc1CCNC1CCCNC(=O)C1. The predicted molar refractivity (Wildman–Crippen MR) is 75.3 cm³/mol. The molecule has 0 spiro atoms. The van der Waals surface area contributed by atoms with E-state index in [1.54, 1.807) is 7.11 Å². The number of carbonyl (C=O) groups is 1. The van der Waals surface area contributed by atoms with Crippen molar-refractivity contribution in [2.24, 2.45) is 0 Å². The maximum atomic E-state index is 11.5. The monoisotopic (exact) mass is 262 g/mol. The maximum absolute atomic E-state index is 11.5. The van der Waals surface area contributed by atoms with Gasteiger partial charge in [-0.05, 0) is 37.4 Å². The first-order chi connectivity index (χ1) is 9.29. The maximum Gasteiger partial charge on any atom is 0.221 e. The van der Waals surface area contributed by atoms with E-state index >= 15 is 0 Å². The van der Waals surface area contributed by atoms with Crippen LogP contribution in [0.15, 0.2) is 24.3 Å². The molecule has 1 heterocycles. The summed E-state index contributed by atoms with van der Waals surface area (Å²) in [5, 5.41) is 6.38. The number of hydrogen-bond acceptors (Lipinski definition) is 3. The van der Waals surface area contributed by atoms with Crippen molar-refractivity contribution in [3.05, 3.63) is 29.8 Å². The van der Waals surface area contributed by atoms with E-state index in [1.807, 2.05) is 18.2 Å². The van der Waals surface area contributed by atoms with Gasteiger partial charge in [0.15, 0.2) is 0 Å². The molecule has 1 saturated heterocycles. The van der Waals surface area contributed by atoms with Gasteiger partial charge in [0, 0.05) is 19.0 Å². The second kappa shape index (κ2) is 7.14. The van der Waals surface area contributed by atoms with Gasteiger partial charge in [0.25, 0.3) is 0 Å². The Morgan fingerprint density at radius 2 is 2.26 bits per heavy atom. The number of methoxy groups -OCH3 is 1. The lowest BCUT2D eigenvalue weighted by Gasteiger charge is -2.15. The lowest BCUT2D eigenvalue weighted by atomic mass is 10.1. The van der Waals surface area contributed by atoms with Gasteiger partial charge in [0.05, 0.1) is 7.11 Å². The number of hydrogen-bond donors (Lipinski definition) is 2. The van der Waals surface area contributed by atoms with Crippen LogP contribution in [-0.2, 0) is 11.2 Å². The van der Waals surface area contributed by atoms with Crippen LogP contribution in [0.1, 0.15) is 24.8 Å². The average Bonchev–Trinajstić information content (AvgIpc) is 2.64. The van der Waals surface area contributed by atoms with E-state index in [9.17, 15) is 4.79 Å². The summed E-state index contributed by atoms with van der Waals surface area (Å²) in [6, 6.07) is 8.37. The van der Waals surface area contributed by atoms with Crippen molar-refractivity contribution in [3.8, 4) is 5.75 Å². The summed E-state index contributed by atoms with van der Waals surface area (Å²) in [5.41, 5.74) is 1.20. The minimum atomic E-state index is 0.160. The zero-order valence-corrected chi connectivity index (χ0v) is 11.4. The van der Waals surface area contributed by atoms with Crippen LogP contribution in [0.2, 0.25) is 0 Å². The molecule has 0 aliphatic carbocycles. The van der Waals surface area contributed by atoms with Crippen molar-refractivity contribution in [2.75, 3.05) is 20.2 Å². The van der Waals surface area contributed by atoms with Crippen molar-refractivity contribution in [3.63, 3.8) is 0 Å². The lowest BCUT2D eigenvalue weighted by molar-refractivity contribution is -0.121. The van der Waals surface area contributed by atoms with Crippen LogP contribution >= 0.6 is 0 Å². The first-order valence-electron chi connectivity index (χ1n) is 6.91. The second-order valence-corrected chi connectivity index (χ2v) is 4.91. The molecule has 0 bridgehead atoms. The topological polar surface area (TPSA) is 50.4 Å². The van der Waals surface area contributed by atoms with E-state index in [1.165, 1.54) is 5.56 Å². The minimum Gasteiger partial charge on any atom is -0.496 e. The van der Waals surface area contributed by atoms with E-state index < -0.39 is 0 Å². The van der Waals surface area contributed by atoms with Crippen LogP contribution in [0, 0.1) is 0 Å². The Morgan fingerprint density at radius 1 is 1.42 bits per heavy atom.